The van der Waals surface area contributed by atoms with Gasteiger partial charge in [-0.2, -0.15) is 0 Å². The van der Waals surface area contributed by atoms with Crippen molar-refractivity contribution >= 4 is 11.9 Å². The highest BCUT2D eigenvalue weighted by molar-refractivity contribution is 5.81. The summed E-state index contributed by atoms with van der Waals surface area (Å²) >= 11 is 0. The quantitative estimate of drug-likeness (QED) is 0.165. The first-order valence-corrected chi connectivity index (χ1v) is 11.3. The standard InChI is InChI=1S/C26H38O4/c1-3-25(27)29-20-13-9-5-7-11-16-23-18-15-19-24(22-23)17-12-8-6-10-14-21-30-26(28)4-2/h3-4,15,18-19,22H,1-2,5-14,16-17,20-21H2. The first-order valence-electron chi connectivity index (χ1n) is 11.3. The van der Waals surface area contributed by atoms with E-state index >= 15 is 0 Å². The van der Waals surface area contributed by atoms with E-state index in [1.807, 2.05) is 0 Å². The molecule has 4 heteroatoms. The third kappa shape index (κ3) is 13.8. The Balaban J connectivity index is 2.04. The van der Waals surface area contributed by atoms with E-state index in [0.29, 0.717) is 13.2 Å². The molecule has 166 valence electrons. The Labute approximate surface area is 182 Å². The Hall–Kier alpha value is -2.36. The first-order chi connectivity index (χ1) is 14.7. The average Bonchev–Trinajstić information content (AvgIpc) is 2.77. The predicted octanol–water partition coefficient (Wildman–Crippen LogP) is 6.13. The molecule has 0 bridgehead atoms. The van der Waals surface area contributed by atoms with Gasteiger partial charge in [0, 0.05) is 12.2 Å². The smallest absolute Gasteiger partial charge is 0.330 e. The zero-order chi connectivity index (χ0) is 21.9. The van der Waals surface area contributed by atoms with Crippen molar-refractivity contribution in [3.8, 4) is 0 Å². The summed E-state index contributed by atoms with van der Waals surface area (Å²) in [4.78, 5) is 21.9. The molecular weight excluding hydrogens is 376 g/mol. The zero-order valence-corrected chi connectivity index (χ0v) is 18.4. The van der Waals surface area contributed by atoms with Gasteiger partial charge in [0.25, 0.3) is 0 Å². The van der Waals surface area contributed by atoms with E-state index in [9.17, 15) is 9.59 Å². The number of carbonyl (C=O) groups excluding carboxylic acids is 2. The van der Waals surface area contributed by atoms with Crippen LogP contribution in [0.1, 0.15) is 75.3 Å². The molecule has 0 amide bonds. The van der Waals surface area contributed by atoms with Crippen LogP contribution in [0, 0.1) is 0 Å². The van der Waals surface area contributed by atoms with Crippen LogP contribution in [-0.4, -0.2) is 25.2 Å². The summed E-state index contributed by atoms with van der Waals surface area (Å²) in [5.41, 5.74) is 2.85. The van der Waals surface area contributed by atoms with Gasteiger partial charge in [-0.05, 0) is 49.7 Å². The Morgan fingerprint density at radius 3 is 1.50 bits per heavy atom. The van der Waals surface area contributed by atoms with E-state index in [1.54, 1.807) is 0 Å². The van der Waals surface area contributed by atoms with Crippen LogP contribution in [-0.2, 0) is 31.9 Å². The molecule has 0 unspecified atom stereocenters. The Bertz CT molecular complexity index is 584. The van der Waals surface area contributed by atoms with Gasteiger partial charge in [0.2, 0.25) is 0 Å². The number of unbranched alkanes of at least 4 members (excludes halogenated alkanes) is 8. The van der Waals surface area contributed by atoms with Crippen LogP contribution in [0.3, 0.4) is 0 Å². The van der Waals surface area contributed by atoms with E-state index in [4.69, 9.17) is 9.47 Å². The molecule has 1 aromatic carbocycles. The fourth-order valence-corrected chi connectivity index (χ4v) is 3.33. The maximum absolute atomic E-state index is 10.9. The van der Waals surface area contributed by atoms with Gasteiger partial charge in [0.1, 0.15) is 0 Å². The van der Waals surface area contributed by atoms with Gasteiger partial charge in [0.05, 0.1) is 13.2 Å². The van der Waals surface area contributed by atoms with Crippen LogP contribution in [0.25, 0.3) is 0 Å². The average molecular weight is 415 g/mol. The molecule has 0 radical (unpaired) electrons. The summed E-state index contributed by atoms with van der Waals surface area (Å²) in [6.45, 7) is 7.76. The zero-order valence-electron chi connectivity index (χ0n) is 18.4. The van der Waals surface area contributed by atoms with Crippen molar-refractivity contribution in [3.63, 3.8) is 0 Å². The minimum absolute atomic E-state index is 0.332. The lowest BCUT2D eigenvalue weighted by Gasteiger charge is -2.07. The van der Waals surface area contributed by atoms with Crippen molar-refractivity contribution in [3.05, 3.63) is 60.7 Å². The second-order valence-electron chi connectivity index (χ2n) is 7.60. The van der Waals surface area contributed by atoms with Crippen molar-refractivity contribution in [2.24, 2.45) is 0 Å². The molecular formula is C26H38O4. The van der Waals surface area contributed by atoms with E-state index in [2.05, 4.69) is 37.4 Å². The highest BCUT2D eigenvalue weighted by Gasteiger charge is 2.00. The number of hydrogen-bond donors (Lipinski definition) is 0. The van der Waals surface area contributed by atoms with Crippen molar-refractivity contribution in [2.75, 3.05) is 13.2 Å². The molecule has 4 nitrogen and oxygen atoms in total. The fraction of sp³-hybridized carbons (Fsp3) is 0.538. The topological polar surface area (TPSA) is 52.6 Å². The second-order valence-corrected chi connectivity index (χ2v) is 7.60. The molecule has 1 aromatic rings. The van der Waals surface area contributed by atoms with E-state index in [0.717, 1.165) is 38.5 Å². The molecule has 1 rings (SSSR count). The highest BCUT2D eigenvalue weighted by atomic mass is 16.5. The number of aryl methyl sites for hydroxylation is 2. The maximum atomic E-state index is 10.9. The maximum Gasteiger partial charge on any atom is 0.330 e. The molecule has 0 aliphatic rings. The molecule has 30 heavy (non-hydrogen) atoms. The summed E-state index contributed by atoms with van der Waals surface area (Å²) in [5.74, 6) is -0.664. The summed E-state index contributed by atoms with van der Waals surface area (Å²) in [6, 6.07) is 8.97. The van der Waals surface area contributed by atoms with Crippen LogP contribution >= 0.6 is 0 Å². The van der Waals surface area contributed by atoms with Gasteiger partial charge in [-0.3, -0.25) is 0 Å². The number of carbonyl (C=O) groups is 2. The van der Waals surface area contributed by atoms with Crippen LogP contribution in [0.5, 0.6) is 0 Å². The molecule has 0 spiro atoms. The Kier molecular flexibility index (Phi) is 15.0. The third-order valence-corrected chi connectivity index (χ3v) is 5.03. The fourth-order valence-electron chi connectivity index (χ4n) is 3.33. The number of rotatable bonds is 18. The van der Waals surface area contributed by atoms with Crippen LogP contribution in [0.4, 0.5) is 0 Å². The summed E-state index contributed by atoms with van der Waals surface area (Å²) in [6.07, 6.45) is 15.9. The minimum atomic E-state index is -0.332. The van der Waals surface area contributed by atoms with Crippen LogP contribution in [0.15, 0.2) is 49.6 Å². The van der Waals surface area contributed by atoms with Gasteiger partial charge < -0.3 is 9.47 Å². The molecule has 0 saturated carbocycles. The first kappa shape index (κ1) is 25.7. The Morgan fingerprint density at radius 2 is 1.07 bits per heavy atom. The summed E-state index contributed by atoms with van der Waals surface area (Å²) < 4.78 is 9.96. The second kappa shape index (κ2) is 17.5. The molecule has 0 heterocycles. The molecule has 0 atom stereocenters. The lowest BCUT2D eigenvalue weighted by atomic mass is 10.0. The van der Waals surface area contributed by atoms with Crippen molar-refractivity contribution in [2.45, 2.75) is 77.0 Å². The van der Waals surface area contributed by atoms with Crippen molar-refractivity contribution in [1.82, 2.24) is 0 Å². The van der Waals surface area contributed by atoms with E-state index < -0.39 is 0 Å². The lowest BCUT2D eigenvalue weighted by molar-refractivity contribution is -0.138. The van der Waals surface area contributed by atoms with Crippen LogP contribution < -0.4 is 0 Å². The van der Waals surface area contributed by atoms with Gasteiger partial charge in [-0.25, -0.2) is 9.59 Å². The normalized spacial score (nSPS) is 10.4. The SMILES string of the molecule is C=CC(=O)OCCCCCCCc1cccc(CCCCCCCOC(=O)C=C)c1. The van der Waals surface area contributed by atoms with Crippen molar-refractivity contribution < 1.29 is 19.1 Å². The van der Waals surface area contributed by atoms with Crippen molar-refractivity contribution in [1.29, 1.82) is 0 Å². The number of ether oxygens (including phenoxy) is 2. The number of esters is 2. The Morgan fingerprint density at radius 1 is 0.667 bits per heavy atom. The largest absolute Gasteiger partial charge is 0.463 e. The van der Waals surface area contributed by atoms with E-state index in [1.165, 1.54) is 61.8 Å². The summed E-state index contributed by atoms with van der Waals surface area (Å²) in [7, 11) is 0. The highest BCUT2D eigenvalue weighted by Crippen LogP contribution is 2.14. The number of hydrogen-bond acceptors (Lipinski definition) is 4. The van der Waals surface area contributed by atoms with Gasteiger partial charge in [-0.15, -0.1) is 0 Å². The molecule has 0 saturated heterocycles. The summed E-state index contributed by atoms with van der Waals surface area (Å²) in [5, 5.41) is 0. The molecule has 0 aliphatic carbocycles. The molecule has 0 aliphatic heterocycles. The predicted molar refractivity (Wildman–Crippen MR) is 122 cm³/mol. The molecule has 0 fully saturated rings. The number of benzene rings is 1. The third-order valence-electron chi connectivity index (χ3n) is 5.03. The molecule has 0 N–H and O–H groups in total. The van der Waals surface area contributed by atoms with Gasteiger partial charge in [0.15, 0.2) is 0 Å². The van der Waals surface area contributed by atoms with E-state index in [-0.39, 0.29) is 11.9 Å². The minimum Gasteiger partial charge on any atom is -0.463 e. The monoisotopic (exact) mass is 414 g/mol. The molecule has 0 aromatic heterocycles. The van der Waals surface area contributed by atoms with Crippen LogP contribution in [0.2, 0.25) is 0 Å². The lowest BCUT2D eigenvalue weighted by Crippen LogP contribution is -2.01. The van der Waals surface area contributed by atoms with Gasteiger partial charge in [-0.1, -0.05) is 75.9 Å². The van der Waals surface area contributed by atoms with Gasteiger partial charge >= 0.3 is 11.9 Å².